The molecule has 0 saturated carbocycles. The molecule has 0 bridgehead atoms. The van der Waals surface area contributed by atoms with Gasteiger partial charge in [-0.3, -0.25) is 0 Å². The van der Waals surface area contributed by atoms with Crippen LogP contribution >= 0.6 is 34.7 Å². The van der Waals surface area contributed by atoms with Crippen LogP contribution in [0.2, 0.25) is 5.02 Å². The van der Waals surface area contributed by atoms with Crippen LogP contribution in [0.1, 0.15) is 16.5 Å². The lowest BCUT2D eigenvalue weighted by Crippen LogP contribution is -2.10. The number of nitrogens with two attached hydrogens (primary N) is 1. The summed E-state index contributed by atoms with van der Waals surface area (Å²) in [5, 5.41) is 5.51. The van der Waals surface area contributed by atoms with Crippen molar-refractivity contribution >= 4 is 57.1 Å². The van der Waals surface area contributed by atoms with Gasteiger partial charge in [-0.25, -0.2) is 19.3 Å². The van der Waals surface area contributed by atoms with Gasteiger partial charge in [-0.05, 0) is 60.4 Å². The summed E-state index contributed by atoms with van der Waals surface area (Å²) in [6, 6.07) is 17.6. The number of benzene rings is 3. The number of nitrogens with one attached hydrogen (secondary N) is 1. The molecule has 0 aliphatic heterocycles. The zero-order valence-corrected chi connectivity index (χ0v) is 22.2. The third-order valence-electron chi connectivity index (χ3n) is 5.60. The van der Waals surface area contributed by atoms with E-state index in [2.05, 4.69) is 20.3 Å². The molecular formula is C27H23ClFN5OS2. The molecule has 0 amide bonds. The molecular weight excluding hydrogens is 529 g/mol. The van der Waals surface area contributed by atoms with Gasteiger partial charge in [-0.15, -0.1) is 11.3 Å². The summed E-state index contributed by atoms with van der Waals surface area (Å²) >= 11 is 9.79. The van der Waals surface area contributed by atoms with Crippen molar-refractivity contribution in [2.24, 2.45) is 5.73 Å². The fraction of sp³-hybridized carbons (Fsp3) is 0.148. The molecule has 10 heteroatoms. The number of ether oxygens (including phenoxy) is 1. The molecule has 2 aromatic heterocycles. The van der Waals surface area contributed by atoms with Crippen molar-refractivity contribution in [1.29, 1.82) is 0 Å². The standard InChI is InChI=1S/C27H23ClFN5OS2/c1-36-14-22(30)25-12-31-27(37-25)17-5-7-23-20(10-17)26(33-15-32-23)34-19-6-8-24(21(28)11-19)35-13-16-3-2-4-18(29)9-16/h2-12,15,22H,13-14,30H2,1H3,(H,32,33,34). The third-order valence-corrected chi connectivity index (χ3v) is 7.76. The highest BCUT2D eigenvalue weighted by Gasteiger charge is 2.13. The first-order chi connectivity index (χ1) is 18.0. The molecule has 1 atom stereocenters. The molecule has 0 fully saturated rings. The number of nitrogens with zero attached hydrogens (tertiary/aromatic N) is 3. The second kappa shape index (κ2) is 11.4. The molecule has 3 N–H and O–H groups in total. The minimum absolute atomic E-state index is 0.0344. The van der Waals surface area contributed by atoms with Gasteiger partial charge in [-0.2, -0.15) is 11.8 Å². The van der Waals surface area contributed by atoms with Gasteiger partial charge in [0.2, 0.25) is 0 Å². The van der Waals surface area contributed by atoms with Crippen molar-refractivity contribution in [2.75, 3.05) is 17.3 Å². The summed E-state index contributed by atoms with van der Waals surface area (Å²) in [5.74, 6) is 1.69. The summed E-state index contributed by atoms with van der Waals surface area (Å²) in [7, 11) is 0. The molecule has 3 aromatic carbocycles. The summed E-state index contributed by atoms with van der Waals surface area (Å²) in [6.45, 7) is 0.213. The molecule has 0 saturated heterocycles. The van der Waals surface area contributed by atoms with Crippen molar-refractivity contribution in [3.63, 3.8) is 0 Å². The first-order valence-electron chi connectivity index (χ1n) is 11.4. The summed E-state index contributed by atoms with van der Waals surface area (Å²) in [6.07, 6.45) is 5.41. The lowest BCUT2D eigenvalue weighted by Gasteiger charge is -2.12. The highest BCUT2D eigenvalue weighted by molar-refractivity contribution is 7.98. The molecule has 188 valence electrons. The van der Waals surface area contributed by atoms with Gasteiger partial charge >= 0.3 is 0 Å². The smallest absolute Gasteiger partial charge is 0.141 e. The Hall–Kier alpha value is -3.24. The topological polar surface area (TPSA) is 86.0 Å². The van der Waals surface area contributed by atoms with E-state index in [0.29, 0.717) is 16.6 Å². The van der Waals surface area contributed by atoms with Crippen molar-refractivity contribution < 1.29 is 9.13 Å². The van der Waals surface area contributed by atoms with Crippen molar-refractivity contribution in [2.45, 2.75) is 12.6 Å². The van der Waals surface area contributed by atoms with Gasteiger partial charge in [0, 0.05) is 39.5 Å². The second-order valence-corrected chi connectivity index (χ2v) is 10.7. The summed E-state index contributed by atoms with van der Waals surface area (Å²) in [5.41, 5.74) is 9.50. The molecule has 37 heavy (non-hydrogen) atoms. The van der Waals surface area contributed by atoms with Gasteiger partial charge in [0.15, 0.2) is 0 Å². The highest BCUT2D eigenvalue weighted by Crippen LogP contribution is 2.34. The maximum absolute atomic E-state index is 13.4. The van der Waals surface area contributed by atoms with E-state index in [0.717, 1.165) is 43.4 Å². The van der Waals surface area contributed by atoms with Gasteiger partial charge in [0.1, 0.15) is 35.3 Å². The second-order valence-electron chi connectivity index (χ2n) is 8.27. The molecule has 0 radical (unpaired) electrons. The van der Waals surface area contributed by atoms with E-state index >= 15 is 0 Å². The minimum Gasteiger partial charge on any atom is -0.487 e. The first-order valence-corrected chi connectivity index (χ1v) is 14.0. The fourth-order valence-electron chi connectivity index (χ4n) is 3.76. The van der Waals surface area contributed by atoms with Gasteiger partial charge in [-0.1, -0.05) is 23.7 Å². The van der Waals surface area contributed by atoms with E-state index in [9.17, 15) is 4.39 Å². The van der Waals surface area contributed by atoms with Crippen LogP contribution in [0, 0.1) is 5.82 Å². The van der Waals surface area contributed by atoms with Gasteiger partial charge in [0.05, 0.1) is 10.5 Å². The predicted molar refractivity (Wildman–Crippen MR) is 151 cm³/mol. The quantitative estimate of drug-likeness (QED) is 0.200. The number of hydrogen-bond acceptors (Lipinski definition) is 8. The van der Waals surface area contributed by atoms with Crippen LogP contribution in [0.25, 0.3) is 21.5 Å². The molecule has 0 aliphatic rings. The van der Waals surface area contributed by atoms with Crippen molar-refractivity contribution in [3.8, 4) is 16.3 Å². The number of hydrogen-bond donors (Lipinski definition) is 2. The number of fused-ring (bicyclic) bond motifs is 1. The molecule has 0 aliphatic carbocycles. The van der Waals surface area contributed by atoms with E-state index in [1.54, 1.807) is 47.4 Å². The Balaban J connectivity index is 1.36. The van der Waals surface area contributed by atoms with Crippen molar-refractivity contribution in [3.05, 3.63) is 94.5 Å². The number of thioether (sulfide) groups is 1. The number of rotatable bonds is 9. The van der Waals surface area contributed by atoms with E-state index in [1.165, 1.54) is 18.5 Å². The van der Waals surface area contributed by atoms with Crippen molar-refractivity contribution in [1.82, 2.24) is 15.0 Å². The largest absolute Gasteiger partial charge is 0.487 e. The monoisotopic (exact) mass is 551 g/mol. The van der Waals surface area contributed by atoms with E-state index in [-0.39, 0.29) is 18.5 Å². The number of thiazole rings is 1. The molecule has 5 aromatic rings. The maximum Gasteiger partial charge on any atom is 0.141 e. The van der Waals surface area contributed by atoms with E-state index < -0.39 is 0 Å². The van der Waals surface area contributed by atoms with E-state index in [4.69, 9.17) is 22.1 Å². The lowest BCUT2D eigenvalue weighted by molar-refractivity contribution is 0.306. The van der Waals surface area contributed by atoms with Gasteiger partial charge in [0.25, 0.3) is 0 Å². The SMILES string of the molecule is CSCC(N)c1cnc(-c2ccc3ncnc(Nc4ccc(OCc5cccc(F)c5)c(Cl)c4)c3c2)s1. The number of aromatic nitrogens is 3. The highest BCUT2D eigenvalue weighted by atomic mass is 35.5. The molecule has 2 heterocycles. The predicted octanol–water partition coefficient (Wildman–Crippen LogP) is 7.23. The van der Waals surface area contributed by atoms with Crippen LogP contribution in [-0.2, 0) is 6.61 Å². The Morgan fingerprint density at radius 1 is 1.11 bits per heavy atom. The van der Waals surface area contributed by atoms with E-state index in [1.807, 2.05) is 36.7 Å². The Kier molecular flexibility index (Phi) is 7.85. The molecule has 1 unspecified atom stereocenters. The first kappa shape index (κ1) is 25.4. The molecule has 5 rings (SSSR count). The summed E-state index contributed by atoms with van der Waals surface area (Å²) < 4.78 is 19.2. The minimum atomic E-state index is -0.304. The van der Waals surface area contributed by atoms with Crippen LogP contribution in [0.4, 0.5) is 15.9 Å². The van der Waals surface area contributed by atoms with Crippen LogP contribution in [0.3, 0.4) is 0 Å². The van der Waals surface area contributed by atoms with Crippen LogP contribution in [-0.4, -0.2) is 27.0 Å². The Labute approximate surface area is 227 Å². The van der Waals surface area contributed by atoms with Crippen LogP contribution < -0.4 is 15.8 Å². The Morgan fingerprint density at radius 3 is 2.81 bits per heavy atom. The Bertz CT molecular complexity index is 1550. The maximum atomic E-state index is 13.4. The summed E-state index contributed by atoms with van der Waals surface area (Å²) in [4.78, 5) is 14.5. The lowest BCUT2D eigenvalue weighted by atomic mass is 10.1. The van der Waals surface area contributed by atoms with Crippen LogP contribution in [0.5, 0.6) is 5.75 Å². The van der Waals surface area contributed by atoms with Crippen LogP contribution in [0.15, 0.2) is 73.2 Å². The normalized spacial score (nSPS) is 12.0. The molecule has 0 spiro atoms. The zero-order chi connectivity index (χ0) is 25.8. The number of halogens is 2. The Morgan fingerprint density at radius 2 is 2.00 bits per heavy atom. The average Bonchev–Trinajstić information content (AvgIpc) is 3.39. The third kappa shape index (κ3) is 6.02. The molecule has 6 nitrogen and oxygen atoms in total. The fourth-order valence-corrected chi connectivity index (χ4v) is 5.56. The zero-order valence-electron chi connectivity index (χ0n) is 19.8. The van der Waals surface area contributed by atoms with Gasteiger partial charge < -0.3 is 15.8 Å². The average molecular weight is 552 g/mol. The number of anilines is 2.